The van der Waals surface area contributed by atoms with Crippen LogP contribution >= 0.6 is 12.4 Å². The topological polar surface area (TPSA) is 73.6 Å². The molecule has 24 heavy (non-hydrogen) atoms. The number of nitrogens with one attached hydrogen (secondary N) is 1. The van der Waals surface area contributed by atoms with Crippen LogP contribution in [0.15, 0.2) is 24.3 Å². The van der Waals surface area contributed by atoms with Gasteiger partial charge in [-0.15, -0.1) is 12.4 Å². The maximum Gasteiger partial charge on any atom is 0.241 e. The number of ether oxygens (including phenoxy) is 2. The maximum absolute atomic E-state index is 12.3. The van der Waals surface area contributed by atoms with Gasteiger partial charge in [0.2, 0.25) is 5.91 Å². The number of hydrogen-bond acceptors (Lipinski definition) is 4. The van der Waals surface area contributed by atoms with Crippen molar-refractivity contribution in [2.45, 2.75) is 39.2 Å². The molecule has 1 fully saturated rings. The molecular weight excluding hydrogens is 328 g/mol. The number of amides is 1. The average Bonchev–Trinajstić information content (AvgIpc) is 2.55. The number of rotatable bonds is 7. The van der Waals surface area contributed by atoms with E-state index in [1.165, 1.54) is 0 Å². The largest absolute Gasteiger partial charge is 0.494 e. The van der Waals surface area contributed by atoms with Crippen LogP contribution in [0, 0.1) is 11.8 Å². The molecule has 1 unspecified atom stereocenters. The Labute approximate surface area is 150 Å². The molecule has 3 N–H and O–H groups in total. The molecular formula is C18H29ClN2O3. The van der Waals surface area contributed by atoms with E-state index in [9.17, 15) is 4.79 Å². The van der Waals surface area contributed by atoms with Gasteiger partial charge in [-0.05, 0) is 43.2 Å². The third kappa shape index (κ3) is 6.67. The number of halogens is 1. The summed E-state index contributed by atoms with van der Waals surface area (Å²) in [6.07, 6.45) is 2.69. The van der Waals surface area contributed by atoms with Crippen LogP contribution in [-0.4, -0.2) is 31.8 Å². The lowest BCUT2D eigenvalue weighted by atomic mass is 9.92. The fraction of sp³-hybridized carbons (Fsp3) is 0.611. The Hall–Kier alpha value is -1.30. The zero-order chi connectivity index (χ0) is 16.7. The zero-order valence-corrected chi connectivity index (χ0v) is 15.3. The quantitative estimate of drug-likeness (QED) is 0.786. The molecule has 0 aliphatic carbocycles. The van der Waals surface area contributed by atoms with Gasteiger partial charge in [0.1, 0.15) is 5.75 Å². The van der Waals surface area contributed by atoms with Crippen LogP contribution in [0.1, 0.15) is 33.1 Å². The van der Waals surface area contributed by atoms with Crippen molar-refractivity contribution in [3.8, 4) is 5.75 Å². The summed E-state index contributed by atoms with van der Waals surface area (Å²) in [5, 5.41) is 2.89. The van der Waals surface area contributed by atoms with Gasteiger partial charge in [-0.1, -0.05) is 19.9 Å². The fourth-order valence-electron chi connectivity index (χ4n) is 2.59. The molecule has 136 valence electrons. The molecule has 1 aromatic rings. The molecule has 1 aromatic carbocycles. The summed E-state index contributed by atoms with van der Waals surface area (Å²) >= 11 is 0. The lowest BCUT2D eigenvalue weighted by molar-refractivity contribution is -0.119. The van der Waals surface area contributed by atoms with Gasteiger partial charge in [0.05, 0.1) is 12.6 Å². The molecule has 0 bridgehead atoms. The summed E-state index contributed by atoms with van der Waals surface area (Å²) in [5.41, 5.74) is 6.81. The third-order valence-corrected chi connectivity index (χ3v) is 4.14. The molecule has 1 saturated heterocycles. The van der Waals surface area contributed by atoms with Gasteiger partial charge in [0.25, 0.3) is 0 Å². The number of anilines is 1. The Balaban J connectivity index is 0.00000288. The number of hydrogen-bond donors (Lipinski definition) is 2. The molecule has 0 radical (unpaired) electrons. The summed E-state index contributed by atoms with van der Waals surface area (Å²) in [4.78, 5) is 12.3. The van der Waals surface area contributed by atoms with Gasteiger partial charge < -0.3 is 20.5 Å². The second-order valence-corrected chi connectivity index (χ2v) is 6.52. The Morgan fingerprint density at radius 3 is 2.75 bits per heavy atom. The average molecular weight is 357 g/mol. The smallest absolute Gasteiger partial charge is 0.241 e. The highest BCUT2D eigenvalue weighted by atomic mass is 35.5. The Morgan fingerprint density at radius 1 is 1.38 bits per heavy atom. The molecule has 0 spiro atoms. The minimum absolute atomic E-state index is 0. The van der Waals surface area contributed by atoms with Crippen molar-refractivity contribution in [1.82, 2.24) is 0 Å². The van der Waals surface area contributed by atoms with E-state index in [0.29, 0.717) is 25.7 Å². The normalized spacial score (nSPS) is 16.3. The highest BCUT2D eigenvalue weighted by Gasteiger charge is 2.26. The van der Waals surface area contributed by atoms with Gasteiger partial charge in [0.15, 0.2) is 0 Å². The van der Waals surface area contributed by atoms with Crippen LogP contribution in [0.2, 0.25) is 0 Å². The Morgan fingerprint density at radius 2 is 2.08 bits per heavy atom. The minimum atomic E-state index is -0.496. The summed E-state index contributed by atoms with van der Waals surface area (Å²) in [5.74, 6) is 1.42. The summed E-state index contributed by atoms with van der Waals surface area (Å²) in [6.45, 7) is 6.38. The van der Waals surface area contributed by atoms with Gasteiger partial charge in [0, 0.05) is 25.0 Å². The van der Waals surface area contributed by atoms with Crippen molar-refractivity contribution in [2.75, 3.05) is 25.1 Å². The second kappa shape index (κ2) is 10.5. The lowest BCUT2D eigenvalue weighted by Gasteiger charge is -2.26. The van der Waals surface area contributed by atoms with Crippen molar-refractivity contribution in [3.05, 3.63) is 24.3 Å². The molecule has 0 saturated carbocycles. The molecule has 5 nitrogen and oxygen atoms in total. The van der Waals surface area contributed by atoms with Crippen LogP contribution in [0.25, 0.3) is 0 Å². The highest BCUT2D eigenvalue weighted by Crippen LogP contribution is 2.21. The Kier molecular flexibility index (Phi) is 9.11. The zero-order valence-electron chi connectivity index (χ0n) is 14.5. The van der Waals surface area contributed by atoms with Crippen LogP contribution in [0.3, 0.4) is 0 Å². The molecule has 2 rings (SSSR count). The van der Waals surface area contributed by atoms with Crippen LogP contribution in [-0.2, 0) is 9.53 Å². The monoisotopic (exact) mass is 356 g/mol. The van der Waals surface area contributed by atoms with E-state index < -0.39 is 6.04 Å². The van der Waals surface area contributed by atoms with E-state index in [1.54, 1.807) is 0 Å². The molecule has 1 aliphatic rings. The summed E-state index contributed by atoms with van der Waals surface area (Å²) in [7, 11) is 0. The summed E-state index contributed by atoms with van der Waals surface area (Å²) < 4.78 is 11.0. The van der Waals surface area contributed by atoms with Crippen LogP contribution in [0.5, 0.6) is 5.75 Å². The predicted molar refractivity (Wildman–Crippen MR) is 98.8 cm³/mol. The van der Waals surface area contributed by atoms with E-state index in [2.05, 4.69) is 19.2 Å². The van der Waals surface area contributed by atoms with Gasteiger partial charge >= 0.3 is 0 Å². The highest BCUT2D eigenvalue weighted by molar-refractivity contribution is 5.95. The number of carbonyl (C=O) groups is 1. The van der Waals surface area contributed by atoms with Crippen LogP contribution < -0.4 is 15.8 Å². The fourth-order valence-corrected chi connectivity index (χ4v) is 2.59. The van der Waals surface area contributed by atoms with Crippen molar-refractivity contribution in [2.24, 2.45) is 17.6 Å². The molecule has 0 aromatic heterocycles. The van der Waals surface area contributed by atoms with E-state index in [1.807, 2.05) is 24.3 Å². The van der Waals surface area contributed by atoms with E-state index in [4.69, 9.17) is 15.2 Å². The molecule has 1 amide bonds. The summed E-state index contributed by atoms with van der Waals surface area (Å²) in [6, 6.07) is 6.97. The first-order valence-electron chi connectivity index (χ1n) is 8.43. The Bertz CT molecular complexity index is 505. The molecule has 1 aliphatic heterocycles. The van der Waals surface area contributed by atoms with E-state index >= 15 is 0 Å². The SMILES string of the molecule is CC(C)CCOc1cccc(NC(=O)C(N)C2CCOCC2)c1.Cl. The number of nitrogens with two attached hydrogens (primary N) is 1. The third-order valence-electron chi connectivity index (χ3n) is 4.14. The van der Waals surface area contributed by atoms with Crippen LogP contribution in [0.4, 0.5) is 5.69 Å². The van der Waals surface area contributed by atoms with Gasteiger partial charge in [-0.25, -0.2) is 0 Å². The van der Waals surface area contributed by atoms with Gasteiger partial charge in [-0.2, -0.15) is 0 Å². The van der Waals surface area contributed by atoms with Crippen molar-refractivity contribution in [1.29, 1.82) is 0 Å². The first kappa shape index (κ1) is 20.7. The van der Waals surface area contributed by atoms with E-state index in [-0.39, 0.29) is 24.2 Å². The maximum atomic E-state index is 12.3. The number of carbonyl (C=O) groups excluding carboxylic acids is 1. The second-order valence-electron chi connectivity index (χ2n) is 6.52. The standard InChI is InChI=1S/C18H28N2O3.ClH/c1-13(2)6-11-23-16-5-3-4-15(12-16)20-18(21)17(19)14-7-9-22-10-8-14;/h3-5,12-14,17H,6-11,19H2,1-2H3,(H,20,21);1H. The first-order chi connectivity index (χ1) is 11.1. The lowest BCUT2D eigenvalue weighted by Crippen LogP contribution is -2.43. The van der Waals surface area contributed by atoms with Crippen molar-refractivity contribution in [3.63, 3.8) is 0 Å². The first-order valence-corrected chi connectivity index (χ1v) is 8.43. The van der Waals surface area contributed by atoms with Gasteiger partial charge in [-0.3, -0.25) is 4.79 Å². The van der Waals surface area contributed by atoms with Crippen molar-refractivity contribution >= 4 is 24.0 Å². The molecule has 1 heterocycles. The predicted octanol–water partition coefficient (Wildman–Crippen LogP) is 3.23. The molecule has 1 atom stereocenters. The number of benzene rings is 1. The van der Waals surface area contributed by atoms with Crippen molar-refractivity contribution < 1.29 is 14.3 Å². The van der Waals surface area contributed by atoms with E-state index in [0.717, 1.165) is 30.7 Å². The minimum Gasteiger partial charge on any atom is -0.494 e. The molecule has 6 heteroatoms.